The predicted molar refractivity (Wildman–Crippen MR) is 62.5 cm³/mol. The fourth-order valence-corrected chi connectivity index (χ4v) is 1.90. The first-order chi connectivity index (χ1) is 7.65. The second kappa shape index (κ2) is 6.27. The molecule has 1 heterocycles. The monoisotopic (exact) mass is 241 g/mol. The lowest BCUT2D eigenvalue weighted by Gasteiger charge is -2.15. The smallest absolute Gasteiger partial charge is 0.305 e. The van der Waals surface area contributed by atoms with E-state index in [0.717, 1.165) is 0 Å². The molecule has 1 aromatic heterocycles. The summed E-state index contributed by atoms with van der Waals surface area (Å²) in [7, 11) is 3.10. The third-order valence-electron chi connectivity index (χ3n) is 2.22. The second-order valence-electron chi connectivity index (χ2n) is 3.42. The summed E-state index contributed by atoms with van der Waals surface area (Å²) in [5.74, 6) is -0.248. The summed E-state index contributed by atoms with van der Waals surface area (Å²) in [5, 5.41) is 3.69. The maximum atomic E-state index is 11.8. The van der Waals surface area contributed by atoms with Gasteiger partial charge in [-0.05, 0) is 17.9 Å². The first kappa shape index (κ1) is 12.7. The SMILES string of the molecule is COC(=O)CCCN(C)C(=O)c1ccsc1. The predicted octanol–water partition coefficient (Wildman–Crippen LogP) is 1.77. The molecule has 1 amide bonds. The molecule has 0 aromatic carbocycles. The van der Waals surface area contributed by atoms with Gasteiger partial charge in [0.05, 0.1) is 12.7 Å². The highest BCUT2D eigenvalue weighted by atomic mass is 32.1. The van der Waals surface area contributed by atoms with Crippen LogP contribution < -0.4 is 0 Å². The molecule has 16 heavy (non-hydrogen) atoms. The van der Waals surface area contributed by atoms with Crippen molar-refractivity contribution in [1.29, 1.82) is 0 Å². The molecule has 1 rings (SSSR count). The van der Waals surface area contributed by atoms with Crippen LogP contribution in [0.3, 0.4) is 0 Å². The molecule has 0 fully saturated rings. The molecule has 0 aliphatic heterocycles. The van der Waals surface area contributed by atoms with Gasteiger partial charge in [-0.3, -0.25) is 9.59 Å². The summed E-state index contributed by atoms with van der Waals surface area (Å²) in [5.41, 5.74) is 0.700. The summed E-state index contributed by atoms with van der Waals surface area (Å²) in [4.78, 5) is 24.3. The molecular formula is C11H15NO3S. The maximum absolute atomic E-state index is 11.8. The van der Waals surface area contributed by atoms with Crippen molar-refractivity contribution in [2.45, 2.75) is 12.8 Å². The van der Waals surface area contributed by atoms with Gasteiger partial charge >= 0.3 is 5.97 Å². The third-order valence-corrected chi connectivity index (χ3v) is 2.90. The Kier molecular flexibility index (Phi) is 4.98. The molecule has 0 N–H and O–H groups in total. The first-order valence-electron chi connectivity index (χ1n) is 4.99. The number of amides is 1. The van der Waals surface area contributed by atoms with Crippen molar-refractivity contribution in [3.63, 3.8) is 0 Å². The van der Waals surface area contributed by atoms with Crippen molar-refractivity contribution in [3.8, 4) is 0 Å². The van der Waals surface area contributed by atoms with Gasteiger partial charge in [-0.2, -0.15) is 11.3 Å². The Morgan fingerprint density at radius 3 is 2.81 bits per heavy atom. The number of hydrogen-bond acceptors (Lipinski definition) is 4. The van der Waals surface area contributed by atoms with Crippen molar-refractivity contribution < 1.29 is 14.3 Å². The van der Waals surface area contributed by atoms with Crippen molar-refractivity contribution >= 4 is 23.2 Å². The fourth-order valence-electron chi connectivity index (χ4n) is 1.27. The van der Waals surface area contributed by atoms with E-state index in [0.29, 0.717) is 24.9 Å². The zero-order chi connectivity index (χ0) is 12.0. The molecule has 0 radical (unpaired) electrons. The van der Waals surface area contributed by atoms with Gasteiger partial charge < -0.3 is 9.64 Å². The Morgan fingerprint density at radius 2 is 2.25 bits per heavy atom. The van der Waals surface area contributed by atoms with E-state index in [2.05, 4.69) is 4.74 Å². The van der Waals surface area contributed by atoms with E-state index in [-0.39, 0.29) is 11.9 Å². The van der Waals surface area contributed by atoms with E-state index < -0.39 is 0 Å². The van der Waals surface area contributed by atoms with E-state index in [1.165, 1.54) is 18.4 Å². The molecule has 88 valence electrons. The van der Waals surface area contributed by atoms with Gasteiger partial charge in [0.25, 0.3) is 5.91 Å². The number of methoxy groups -OCH3 is 1. The quantitative estimate of drug-likeness (QED) is 0.738. The Hall–Kier alpha value is -1.36. The van der Waals surface area contributed by atoms with Crippen LogP contribution in [0.2, 0.25) is 0 Å². The highest BCUT2D eigenvalue weighted by molar-refractivity contribution is 7.08. The molecule has 0 bridgehead atoms. The number of hydrogen-bond donors (Lipinski definition) is 0. The van der Waals surface area contributed by atoms with Crippen LogP contribution in [0.1, 0.15) is 23.2 Å². The van der Waals surface area contributed by atoms with Crippen LogP contribution in [0, 0.1) is 0 Å². The lowest BCUT2D eigenvalue weighted by atomic mass is 10.2. The Balaban J connectivity index is 2.33. The first-order valence-corrected chi connectivity index (χ1v) is 5.94. The van der Waals surface area contributed by atoms with E-state index in [4.69, 9.17) is 0 Å². The van der Waals surface area contributed by atoms with Gasteiger partial charge in [0.15, 0.2) is 0 Å². The Labute approximate surface area is 98.8 Å². The fraction of sp³-hybridized carbons (Fsp3) is 0.455. The minimum absolute atomic E-state index is 0.00823. The molecule has 4 nitrogen and oxygen atoms in total. The standard InChI is InChI=1S/C11H15NO3S/c1-12(6-3-4-10(13)15-2)11(14)9-5-7-16-8-9/h5,7-8H,3-4,6H2,1-2H3. The zero-order valence-electron chi connectivity index (χ0n) is 9.43. The summed E-state index contributed by atoms with van der Waals surface area (Å²) in [6.45, 7) is 0.559. The zero-order valence-corrected chi connectivity index (χ0v) is 10.3. The Bertz CT molecular complexity index is 348. The van der Waals surface area contributed by atoms with Gasteiger partial charge in [-0.15, -0.1) is 0 Å². The molecule has 5 heteroatoms. The largest absolute Gasteiger partial charge is 0.469 e. The number of rotatable bonds is 5. The average molecular weight is 241 g/mol. The number of carbonyl (C=O) groups excluding carboxylic acids is 2. The minimum atomic E-state index is -0.239. The van der Waals surface area contributed by atoms with Crippen LogP contribution >= 0.6 is 11.3 Å². The van der Waals surface area contributed by atoms with Gasteiger partial charge in [-0.25, -0.2) is 0 Å². The average Bonchev–Trinajstić information content (AvgIpc) is 2.81. The van der Waals surface area contributed by atoms with Crippen LogP contribution in [0.15, 0.2) is 16.8 Å². The number of ether oxygens (including phenoxy) is 1. The molecule has 0 spiro atoms. The van der Waals surface area contributed by atoms with E-state index in [1.54, 1.807) is 18.0 Å². The number of carbonyl (C=O) groups is 2. The number of nitrogens with zero attached hydrogens (tertiary/aromatic N) is 1. The van der Waals surface area contributed by atoms with Gasteiger partial charge in [-0.1, -0.05) is 0 Å². The van der Waals surface area contributed by atoms with Gasteiger partial charge in [0.1, 0.15) is 0 Å². The van der Waals surface area contributed by atoms with Crippen molar-refractivity contribution in [1.82, 2.24) is 4.90 Å². The summed E-state index contributed by atoms with van der Waals surface area (Å²) in [6, 6.07) is 1.80. The molecular weight excluding hydrogens is 226 g/mol. The molecule has 0 aliphatic carbocycles. The van der Waals surface area contributed by atoms with Crippen LogP contribution in [-0.4, -0.2) is 37.5 Å². The number of esters is 1. The molecule has 0 atom stereocenters. The van der Waals surface area contributed by atoms with Crippen molar-refractivity contribution in [3.05, 3.63) is 22.4 Å². The van der Waals surface area contributed by atoms with Crippen molar-refractivity contribution in [2.75, 3.05) is 20.7 Å². The van der Waals surface area contributed by atoms with E-state index in [1.807, 2.05) is 10.8 Å². The highest BCUT2D eigenvalue weighted by Crippen LogP contribution is 2.09. The summed E-state index contributed by atoms with van der Waals surface area (Å²) >= 11 is 1.50. The summed E-state index contributed by atoms with van der Waals surface area (Å²) < 4.78 is 4.52. The molecule has 1 aromatic rings. The number of thiophene rings is 1. The lowest BCUT2D eigenvalue weighted by Crippen LogP contribution is -2.27. The molecule has 0 saturated carbocycles. The third kappa shape index (κ3) is 3.66. The minimum Gasteiger partial charge on any atom is -0.469 e. The molecule has 0 aliphatic rings. The van der Waals surface area contributed by atoms with Crippen LogP contribution in [0.5, 0.6) is 0 Å². The Morgan fingerprint density at radius 1 is 1.50 bits per heavy atom. The highest BCUT2D eigenvalue weighted by Gasteiger charge is 2.11. The van der Waals surface area contributed by atoms with Crippen LogP contribution in [0.25, 0.3) is 0 Å². The van der Waals surface area contributed by atoms with E-state index in [9.17, 15) is 9.59 Å². The normalized spacial score (nSPS) is 9.88. The summed E-state index contributed by atoms with van der Waals surface area (Å²) in [6.07, 6.45) is 0.969. The maximum Gasteiger partial charge on any atom is 0.305 e. The molecule has 0 unspecified atom stereocenters. The lowest BCUT2D eigenvalue weighted by molar-refractivity contribution is -0.140. The molecule has 0 saturated heterocycles. The van der Waals surface area contributed by atoms with Crippen LogP contribution in [0.4, 0.5) is 0 Å². The van der Waals surface area contributed by atoms with Crippen LogP contribution in [-0.2, 0) is 9.53 Å². The second-order valence-corrected chi connectivity index (χ2v) is 4.20. The van der Waals surface area contributed by atoms with Crippen molar-refractivity contribution in [2.24, 2.45) is 0 Å². The van der Waals surface area contributed by atoms with Gasteiger partial charge in [0.2, 0.25) is 0 Å². The van der Waals surface area contributed by atoms with E-state index >= 15 is 0 Å². The topological polar surface area (TPSA) is 46.6 Å². The van der Waals surface area contributed by atoms with Gasteiger partial charge in [0, 0.05) is 25.4 Å².